The van der Waals surface area contributed by atoms with Gasteiger partial charge in [0, 0.05) is 6.42 Å². The molecule has 0 radical (unpaired) electrons. The van der Waals surface area contributed by atoms with Crippen molar-refractivity contribution in [1.82, 2.24) is 5.32 Å². The predicted octanol–water partition coefficient (Wildman–Crippen LogP) is 1.26. The third kappa shape index (κ3) is 1.43. The predicted molar refractivity (Wildman–Crippen MR) is 35.7 cm³/mol. The van der Waals surface area contributed by atoms with Crippen molar-refractivity contribution in [1.29, 1.82) is 0 Å². The maximum Gasteiger partial charge on any atom is 0.211 e. The quantitative estimate of drug-likeness (QED) is 0.576. The zero-order valence-electron chi connectivity index (χ0n) is 5.43. The molecule has 0 saturated carbocycles. The summed E-state index contributed by atoms with van der Waals surface area (Å²) in [6.45, 7) is 0. The van der Waals surface area contributed by atoms with Gasteiger partial charge in [0.2, 0.25) is 6.41 Å². The number of carbonyl (C=O) groups is 1. The lowest BCUT2D eigenvalue weighted by molar-refractivity contribution is -0.108. The molecule has 0 atom stereocenters. The summed E-state index contributed by atoms with van der Waals surface area (Å²) in [5, 5.41) is 2.27. The largest absolute Gasteiger partial charge is 0.327 e. The van der Waals surface area contributed by atoms with Crippen molar-refractivity contribution in [3.05, 3.63) is 23.7 Å². The Balaban J connectivity index is 2.69. The zero-order valence-corrected chi connectivity index (χ0v) is 5.43. The first kappa shape index (κ1) is 6.99. The van der Waals surface area contributed by atoms with Crippen molar-refractivity contribution in [2.45, 2.75) is 12.8 Å². The van der Waals surface area contributed by atoms with Crippen molar-refractivity contribution in [3.63, 3.8) is 0 Å². The van der Waals surface area contributed by atoms with Crippen molar-refractivity contribution in [2.75, 3.05) is 0 Å². The number of nitrogens with one attached hydrogen (secondary N) is 1. The van der Waals surface area contributed by atoms with Crippen LogP contribution < -0.4 is 5.32 Å². The molecule has 3 heteroatoms. The maximum absolute atomic E-state index is 12.6. The molecule has 10 heavy (non-hydrogen) atoms. The van der Waals surface area contributed by atoms with E-state index in [4.69, 9.17) is 0 Å². The molecular formula is C7H8FNO. The van der Waals surface area contributed by atoms with Crippen molar-refractivity contribution in [2.24, 2.45) is 0 Å². The smallest absolute Gasteiger partial charge is 0.211 e. The molecule has 0 aromatic carbocycles. The topological polar surface area (TPSA) is 29.1 Å². The number of carbonyl (C=O) groups excluding carboxylic acids is 1. The highest BCUT2D eigenvalue weighted by atomic mass is 19.1. The van der Waals surface area contributed by atoms with E-state index >= 15 is 0 Å². The van der Waals surface area contributed by atoms with E-state index in [-0.39, 0.29) is 5.83 Å². The lowest BCUT2D eigenvalue weighted by atomic mass is 10.1. The molecular weight excluding hydrogens is 133 g/mol. The Morgan fingerprint density at radius 1 is 1.70 bits per heavy atom. The van der Waals surface area contributed by atoms with Crippen LogP contribution in [0.4, 0.5) is 4.39 Å². The summed E-state index contributed by atoms with van der Waals surface area (Å²) in [6.07, 6.45) is 5.00. The summed E-state index contributed by atoms with van der Waals surface area (Å²) < 4.78 is 12.6. The Bertz CT molecular complexity index is 196. The molecule has 0 fully saturated rings. The van der Waals surface area contributed by atoms with E-state index in [1.54, 1.807) is 6.08 Å². The number of rotatable bonds is 2. The van der Waals surface area contributed by atoms with Crippen LogP contribution in [0.2, 0.25) is 0 Å². The molecule has 0 bridgehead atoms. The number of halogens is 1. The summed E-state index contributed by atoms with van der Waals surface area (Å²) in [4.78, 5) is 9.87. The van der Waals surface area contributed by atoms with Crippen LogP contribution in [0.3, 0.4) is 0 Å². The van der Waals surface area contributed by atoms with E-state index in [0.717, 1.165) is 6.42 Å². The maximum atomic E-state index is 12.6. The van der Waals surface area contributed by atoms with Gasteiger partial charge in [-0.1, -0.05) is 6.08 Å². The zero-order chi connectivity index (χ0) is 7.40. The second-order valence-corrected chi connectivity index (χ2v) is 2.02. The van der Waals surface area contributed by atoms with Gasteiger partial charge in [-0.2, -0.15) is 0 Å². The summed E-state index contributed by atoms with van der Waals surface area (Å²) in [6, 6.07) is 0. The van der Waals surface area contributed by atoms with Gasteiger partial charge >= 0.3 is 0 Å². The molecule has 0 saturated heterocycles. The number of allylic oxidation sites excluding steroid dienone is 3. The van der Waals surface area contributed by atoms with Crippen LogP contribution in [0.1, 0.15) is 12.8 Å². The minimum atomic E-state index is -0.241. The number of hydrogen-bond acceptors (Lipinski definition) is 1. The van der Waals surface area contributed by atoms with Gasteiger partial charge in [0.1, 0.15) is 5.83 Å². The number of amides is 1. The second-order valence-electron chi connectivity index (χ2n) is 2.02. The van der Waals surface area contributed by atoms with Crippen molar-refractivity contribution in [3.8, 4) is 0 Å². The minimum Gasteiger partial charge on any atom is -0.327 e. The molecule has 1 aliphatic rings. The van der Waals surface area contributed by atoms with E-state index < -0.39 is 0 Å². The standard InChI is InChI=1S/C7H8FNO/c8-6-3-1-2-4-7(6)9-5-10/h2,4-5H,1,3H2,(H,9,10). The Kier molecular flexibility index (Phi) is 2.20. The normalized spacial score (nSPS) is 17.3. The average molecular weight is 141 g/mol. The van der Waals surface area contributed by atoms with E-state index in [9.17, 15) is 9.18 Å². The van der Waals surface area contributed by atoms with Gasteiger partial charge < -0.3 is 5.32 Å². The van der Waals surface area contributed by atoms with E-state index in [2.05, 4.69) is 5.32 Å². The SMILES string of the molecule is O=CNC1=C(F)CCC=C1. The second kappa shape index (κ2) is 3.15. The molecule has 1 N–H and O–H groups in total. The van der Waals surface area contributed by atoms with Crippen LogP contribution >= 0.6 is 0 Å². The third-order valence-electron chi connectivity index (χ3n) is 1.32. The van der Waals surface area contributed by atoms with Gasteiger partial charge in [-0.15, -0.1) is 0 Å². The highest BCUT2D eigenvalue weighted by Crippen LogP contribution is 2.16. The van der Waals surface area contributed by atoms with Gasteiger partial charge in [0.05, 0.1) is 5.70 Å². The summed E-state index contributed by atoms with van der Waals surface area (Å²) in [5.41, 5.74) is 0.293. The van der Waals surface area contributed by atoms with Crippen LogP contribution in [0, 0.1) is 0 Å². The fourth-order valence-electron chi connectivity index (χ4n) is 0.826. The fourth-order valence-corrected chi connectivity index (χ4v) is 0.826. The van der Waals surface area contributed by atoms with Crippen molar-refractivity contribution >= 4 is 6.41 Å². The average Bonchev–Trinajstić information content (AvgIpc) is 1.94. The Morgan fingerprint density at radius 2 is 2.50 bits per heavy atom. The van der Waals surface area contributed by atoms with Crippen LogP contribution in [-0.2, 0) is 4.79 Å². The Morgan fingerprint density at radius 3 is 3.10 bits per heavy atom. The highest BCUT2D eigenvalue weighted by molar-refractivity contribution is 5.52. The van der Waals surface area contributed by atoms with Crippen LogP contribution in [-0.4, -0.2) is 6.41 Å². The lowest BCUT2D eigenvalue weighted by Crippen LogP contribution is -2.11. The first-order valence-corrected chi connectivity index (χ1v) is 3.10. The molecule has 54 valence electrons. The molecule has 1 aliphatic carbocycles. The van der Waals surface area contributed by atoms with Crippen LogP contribution in [0.15, 0.2) is 23.7 Å². The van der Waals surface area contributed by atoms with E-state index in [1.165, 1.54) is 0 Å². The molecule has 0 aromatic heterocycles. The van der Waals surface area contributed by atoms with Crippen LogP contribution in [0.25, 0.3) is 0 Å². The van der Waals surface area contributed by atoms with Gasteiger partial charge in [-0.25, -0.2) is 4.39 Å². The fraction of sp³-hybridized carbons (Fsp3) is 0.286. The molecule has 1 amide bonds. The first-order chi connectivity index (χ1) is 4.84. The third-order valence-corrected chi connectivity index (χ3v) is 1.32. The highest BCUT2D eigenvalue weighted by Gasteiger charge is 2.05. The van der Waals surface area contributed by atoms with Crippen LogP contribution in [0.5, 0.6) is 0 Å². The molecule has 0 aromatic rings. The van der Waals surface area contributed by atoms with Gasteiger partial charge in [0.25, 0.3) is 0 Å². The van der Waals surface area contributed by atoms with Crippen molar-refractivity contribution < 1.29 is 9.18 Å². The Hall–Kier alpha value is -1.12. The first-order valence-electron chi connectivity index (χ1n) is 3.10. The summed E-state index contributed by atoms with van der Waals surface area (Å²) >= 11 is 0. The monoisotopic (exact) mass is 141 g/mol. The molecule has 0 aliphatic heterocycles. The molecule has 0 spiro atoms. The molecule has 0 heterocycles. The minimum absolute atomic E-state index is 0.241. The van der Waals surface area contributed by atoms with E-state index in [0.29, 0.717) is 18.5 Å². The van der Waals surface area contributed by atoms with E-state index in [1.807, 2.05) is 6.08 Å². The summed E-state index contributed by atoms with van der Waals surface area (Å²) in [7, 11) is 0. The van der Waals surface area contributed by atoms with Gasteiger partial charge in [-0.05, 0) is 12.5 Å². The molecule has 0 unspecified atom stereocenters. The summed E-state index contributed by atoms with van der Waals surface area (Å²) in [5.74, 6) is -0.241. The lowest BCUT2D eigenvalue weighted by Gasteiger charge is -2.06. The van der Waals surface area contributed by atoms with Gasteiger partial charge in [-0.3, -0.25) is 4.79 Å². The Labute approximate surface area is 58.4 Å². The molecule has 1 rings (SSSR count). The van der Waals surface area contributed by atoms with Gasteiger partial charge in [0.15, 0.2) is 0 Å². The molecule has 2 nitrogen and oxygen atoms in total. The number of hydrogen-bond donors (Lipinski definition) is 1.